The molecule has 0 aliphatic carbocycles. The normalized spacial score (nSPS) is 13.8. The lowest BCUT2D eigenvalue weighted by molar-refractivity contribution is -0.870. The summed E-state index contributed by atoms with van der Waals surface area (Å²) < 4.78 is 23.0. The second-order valence-electron chi connectivity index (χ2n) is 24.4. The molecular weight excluding hydrogens is 1130 g/mol. The first-order valence-corrected chi connectivity index (χ1v) is 35.9. The molecule has 9 nitrogen and oxygen atoms in total. The van der Waals surface area contributed by atoms with Crippen molar-refractivity contribution in [1.29, 1.82) is 0 Å². The van der Waals surface area contributed by atoms with Crippen LogP contribution in [0.3, 0.4) is 0 Å². The van der Waals surface area contributed by atoms with Crippen LogP contribution in [0.15, 0.2) is 182 Å². The van der Waals surface area contributed by atoms with Crippen LogP contribution in [0.2, 0.25) is 0 Å². The number of hydrogen-bond acceptors (Lipinski definition) is 7. The number of hydrogen-bond donors (Lipinski definition) is 1. The summed E-state index contributed by atoms with van der Waals surface area (Å²) in [5.41, 5.74) is 0. The second-order valence-corrected chi connectivity index (χ2v) is 24.4. The summed E-state index contributed by atoms with van der Waals surface area (Å²) in [6, 6.07) is 0. The summed E-state index contributed by atoms with van der Waals surface area (Å²) >= 11 is 0. The van der Waals surface area contributed by atoms with Gasteiger partial charge in [0.2, 0.25) is 0 Å². The number of aliphatic carboxylic acids is 1. The van der Waals surface area contributed by atoms with Gasteiger partial charge in [0.05, 0.1) is 34.4 Å². The molecule has 0 aromatic rings. The van der Waals surface area contributed by atoms with E-state index in [2.05, 4.69) is 196 Å². The highest BCUT2D eigenvalue weighted by Gasteiger charge is 2.25. The number of unbranched alkanes of at least 4 members (excludes halogenated alkanes) is 19. The van der Waals surface area contributed by atoms with Crippen molar-refractivity contribution in [3.8, 4) is 0 Å². The molecule has 0 rings (SSSR count). The smallest absolute Gasteiger partial charge is 0.361 e. The topological polar surface area (TPSA) is 108 Å². The molecule has 0 saturated heterocycles. The highest BCUT2D eigenvalue weighted by Crippen LogP contribution is 2.16. The van der Waals surface area contributed by atoms with Gasteiger partial charge in [-0.25, -0.2) is 4.79 Å². The van der Waals surface area contributed by atoms with Crippen LogP contribution in [0.5, 0.6) is 0 Å². The van der Waals surface area contributed by atoms with Crippen LogP contribution in [0.4, 0.5) is 0 Å². The van der Waals surface area contributed by atoms with Crippen LogP contribution in [0, 0.1) is 0 Å². The van der Waals surface area contributed by atoms with Crippen LogP contribution >= 0.6 is 0 Å². The van der Waals surface area contributed by atoms with Crippen LogP contribution < -0.4 is 0 Å². The summed E-state index contributed by atoms with van der Waals surface area (Å²) in [7, 11) is 5.96. The van der Waals surface area contributed by atoms with E-state index in [1.165, 1.54) is 70.6 Å². The maximum Gasteiger partial charge on any atom is 0.361 e. The van der Waals surface area contributed by atoms with Gasteiger partial charge < -0.3 is 28.5 Å². The monoisotopic (exact) mass is 1260 g/mol. The van der Waals surface area contributed by atoms with E-state index in [0.29, 0.717) is 17.4 Å². The summed E-state index contributed by atoms with van der Waals surface area (Å²) in [6.07, 6.45) is 104. The number of esters is 2. The van der Waals surface area contributed by atoms with E-state index in [4.69, 9.17) is 18.9 Å². The van der Waals surface area contributed by atoms with Gasteiger partial charge in [-0.05, 0) is 135 Å². The van der Waals surface area contributed by atoms with Crippen molar-refractivity contribution in [2.45, 2.75) is 270 Å². The summed E-state index contributed by atoms with van der Waals surface area (Å²) in [5, 5.41) is 9.75. The largest absolute Gasteiger partial charge is 0.477 e. The highest BCUT2D eigenvalue weighted by molar-refractivity contribution is 5.71. The standard InChI is InChI=1S/C82H131NO8/c1-6-8-10-12-14-16-18-20-22-24-26-28-30-32-34-36-37-38-39-40-41-42-43-45-47-49-51-53-55-57-59-61-63-65-67-69-71-73-80(85)91-78(77-90-82(81(86)87)88-75-74-83(3,4)5)76-89-79(84)72-70-68-66-64-62-60-58-56-54-52-50-48-46-44-35-33-31-29-27-25-23-21-19-17-15-13-11-9-7-2/h8-11,14-17,20-23,26-29,32-35,37-38,40-41,43,45,49,51,55,57,78,82H,6-7,12-13,18-19,24-25,30-31,36,39,42,44,46-48,50,52-54,56,58-77H2,1-5H3/p+1/b10-8-,11-9-,16-14-,17-15-,22-20-,23-21-,28-26-,29-27-,34-32-,35-33-,38-37-,41-40-,45-43-,51-49-,57-55-. The molecule has 2 unspecified atom stereocenters. The molecule has 0 aromatic heterocycles. The van der Waals surface area contributed by atoms with Gasteiger partial charge in [-0.1, -0.05) is 292 Å². The third-order valence-corrected chi connectivity index (χ3v) is 14.7. The van der Waals surface area contributed by atoms with E-state index in [-0.39, 0.29) is 38.6 Å². The van der Waals surface area contributed by atoms with Crippen LogP contribution in [-0.4, -0.2) is 87.4 Å². The molecule has 0 amide bonds. The van der Waals surface area contributed by atoms with Crippen molar-refractivity contribution in [1.82, 2.24) is 0 Å². The lowest BCUT2D eigenvalue weighted by Gasteiger charge is -2.25. The van der Waals surface area contributed by atoms with Crippen LogP contribution in [0.25, 0.3) is 0 Å². The summed E-state index contributed by atoms with van der Waals surface area (Å²) in [6.45, 7) is 4.62. The van der Waals surface area contributed by atoms with Gasteiger partial charge in [0.1, 0.15) is 13.2 Å². The Labute approximate surface area is 558 Å². The molecule has 512 valence electrons. The van der Waals surface area contributed by atoms with Gasteiger partial charge in [0.25, 0.3) is 6.29 Å². The number of carbonyl (C=O) groups is 3. The number of carbonyl (C=O) groups excluding carboxylic acids is 2. The second kappa shape index (κ2) is 70.3. The maximum atomic E-state index is 13.0. The quantitative estimate of drug-likeness (QED) is 0.0211. The predicted molar refractivity (Wildman–Crippen MR) is 391 cm³/mol. The predicted octanol–water partition coefficient (Wildman–Crippen LogP) is 22.8. The zero-order chi connectivity index (χ0) is 66.1. The molecule has 0 aromatic carbocycles. The molecule has 0 bridgehead atoms. The Morgan fingerprint density at radius 2 is 0.593 bits per heavy atom. The fourth-order valence-electron chi connectivity index (χ4n) is 9.25. The zero-order valence-electron chi connectivity index (χ0n) is 58.4. The van der Waals surface area contributed by atoms with Gasteiger partial charge >= 0.3 is 17.9 Å². The number of ether oxygens (including phenoxy) is 4. The lowest BCUT2D eigenvalue weighted by Crippen LogP contribution is -2.40. The van der Waals surface area contributed by atoms with Gasteiger partial charge in [-0.15, -0.1) is 0 Å². The number of quaternary nitrogens is 1. The molecule has 0 heterocycles. The zero-order valence-corrected chi connectivity index (χ0v) is 58.4. The van der Waals surface area contributed by atoms with Gasteiger partial charge in [-0.2, -0.15) is 0 Å². The van der Waals surface area contributed by atoms with E-state index in [1.807, 2.05) is 21.1 Å². The van der Waals surface area contributed by atoms with Crippen molar-refractivity contribution in [2.75, 3.05) is 47.5 Å². The Morgan fingerprint density at radius 1 is 0.330 bits per heavy atom. The molecule has 0 fully saturated rings. The average Bonchev–Trinajstić information content (AvgIpc) is 3.50. The first-order chi connectivity index (χ1) is 44.6. The molecule has 1 N–H and O–H groups in total. The lowest BCUT2D eigenvalue weighted by atomic mass is 10.0. The van der Waals surface area contributed by atoms with Crippen molar-refractivity contribution < 1.29 is 42.9 Å². The molecule has 0 aliphatic heterocycles. The van der Waals surface area contributed by atoms with Gasteiger partial charge in [0.15, 0.2) is 6.10 Å². The Kier molecular flexibility index (Phi) is 65.9. The number of carboxylic acids is 1. The number of rotatable bonds is 64. The Hall–Kier alpha value is -5.61. The molecule has 0 spiro atoms. The molecule has 0 saturated carbocycles. The fourth-order valence-corrected chi connectivity index (χ4v) is 9.25. The Balaban J connectivity index is 4.22. The third kappa shape index (κ3) is 71.7. The fraction of sp³-hybridized carbons (Fsp3) is 0.598. The van der Waals surface area contributed by atoms with Gasteiger partial charge in [-0.3, -0.25) is 9.59 Å². The van der Waals surface area contributed by atoms with Gasteiger partial charge in [0, 0.05) is 12.8 Å². The van der Waals surface area contributed by atoms with E-state index in [9.17, 15) is 19.5 Å². The van der Waals surface area contributed by atoms with Crippen molar-refractivity contribution in [3.63, 3.8) is 0 Å². The highest BCUT2D eigenvalue weighted by atomic mass is 16.7. The third-order valence-electron chi connectivity index (χ3n) is 14.7. The minimum absolute atomic E-state index is 0.175. The van der Waals surface area contributed by atoms with Crippen LogP contribution in [-0.2, 0) is 33.3 Å². The number of carboxylic acid groups (broad SMARTS) is 1. The van der Waals surface area contributed by atoms with E-state index < -0.39 is 24.3 Å². The number of allylic oxidation sites excluding steroid dienone is 30. The van der Waals surface area contributed by atoms with E-state index in [0.717, 1.165) is 154 Å². The first-order valence-electron chi connectivity index (χ1n) is 35.9. The van der Waals surface area contributed by atoms with Crippen molar-refractivity contribution >= 4 is 17.9 Å². The molecule has 0 radical (unpaired) electrons. The SMILES string of the molecule is CC/C=C\C/C=C\C/C=C\C/C=C\C/C=C\C/C=C\C/C=C\C/C=C\C/C=C\C/C=C\CCCCCCCCC(=O)OC(COC(=O)CCCCCCCCCCCCCCC/C=C\C/C=C\C/C=C\C/C=C\C/C=C\CC)COC(OCC[N+](C)(C)C)C(=O)O. The minimum atomic E-state index is -1.53. The number of nitrogens with zero attached hydrogens (tertiary/aromatic N) is 1. The number of likely N-dealkylation sites (N-methyl/N-ethyl adjacent to an activating group) is 1. The van der Waals surface area contributed by atoms with Crippen molar-refractivity contribution in [2.24, 2.45) is 0 Å². The van der Waals surface area contributed by atoms with Crippen LogP contribution in [0.1, 0.15) is 258 Å². The molecule has 9 heteroatoms. The molecular formula is C82H132NO8+. The maximum absolute atomic E-state index is 13.0. The Morgan fingerprint density at radius 3 is 0.879 bits per heavy atom. The summed E-state index contributed by atoms with van der Waals surface area (Å²) in [5.74, 6) is -2.04. The first kappa shape index (κ1) is 85.4. The molecule has 2 atom stereocenters. The van der Waals surface area contributed by atoms with Crippen molar-refractivity contribution in [3.05, 3.63) is 182 Å². The van der Waals surface area contributed by atoms with E-state index in [1.54, 1.807) is 0 Å². The Bertz CT molecular complexity index is 2150. The average molecular weight is 1260 g/mol. The molecule has 91 heavy (non-hydrogen) atoms. The van der Waals surface area contributed by atoms with E-state index >= 15 is 0 Å². The minimum Gasteiger partial charge on any atom is -0.477 e. The summed E-state index contributed by atoms with van der Waals surface area (Å²) in [4.78, 5) is 37.7. The molecule has 0 aliphatic rings.